The molecule has 2 heterocycles. The van der Waals surface area contributed by atoms with Crippen LogP contribution in [0.1, 0.15) is 36.9 Å². The van der Waals surface area contributed by atoms with Crippen LogP contribution in [0.5, 0.6) is 0 Å². The second-order valence-electron chi connectivity index (χ2n) is 7.07. The van der Waals surface area contributed by atoms with E-state index in [1.54, 1.807) is 19.6 Å². The predicted molar refractivity (Wildman–Crippen MR) is 119 cm³/mol. The molecule has 0 radical (unpaired) electrons. The highest BCUT2D eigenvalue weighted by atomic mass is 16.3. The minimum atomic E-state index is 0.133. The molecule has 2 N–H and O–H groups in total. The number of rotatable bonds is 9. The number of aromatic nitrogens is 1. The molecule has 3 aromatic rings. The Labute approximate surface area is 178 Å². The van der Waals surface area contributed by atoms with Crippen molar-refractivity contribution in [2.24, 2.45) is 4.99 Å². The second-order valence-corrected chi connectivity index (χ2v) is 7.07. The Morgan fingerprint density at radius 2 is 1.87 bits per heavy atom. The highest BCUT2D eigenvalue weighted by molar-refractivity contribution is 5.79. The van der Waals surface area contributed by atoms with Crippen molar-refractivity contribution in [3.63, 3.8) is 0 Å². The van der Waals surface area contributed by atoms with Gasteiger partial charge in [-0.1, -0.05) is 31.5 Å². The van der Waals surface area contributed by atoms with E-state index in [9.17, 15) is 0 Å². The SMILES string of the molecule is CCN(CC)C(CNC(=NC)NCc1coc(-c2ccc(C)cc2)n1)c1ccco1. The van der Waals surface area contributed by atoms with Gasteiger partial charge in [-0.2, -0.15) is 0 Å². The average Bonchev–Trinajstić information content (AvgIpc) is 3.46. The molecule has 2 aromatic heterocycles. The average molecular weight is 410 g/mol. The summed E-state index contributed by atoms with van der Waals surface area (Å²) in [5, 5.41) is 6.70. The van der Waals surface area contributed by atoms with Crippen LogP contribution in [0.4, 0.5) is 0 Å². The van der Waals surface area contributed by atoms with Gasteiger partial charge in [-0.05, 0) is 44.3 Å². The zero-order valence-corrected chi connectivity index (χ0v) is 18.2. The van der Waals surface area contributed by atoms with Gasteiger partial charge in [0.05, 0.1) is 24.5 Å². The van der Waals surface area contributed by atoms with Gasteiger partial charge in [-0.25, -0.2) is 4.98 Å². The van der Waals surface area contributed by atoms with Gasteiger partial charge in [0.1, 0.15) is 12.0 Å². The van der Waals surface area contributed by atoms with E-state index in [1.807, 2.05) is 24.3 Å². The van der Waals surface area contributed by atoms with Gasteiger partial charge < -0.3 is 19.5 Å². The van der Waals surface area contributed by atoms with Gasteiger partial charge >= 0.3 is 0 Å². The maximum atomic E-state index is 5.66. The lowest BCUT2D eigenvalue weighted by Crippen LogP contribution is -2.43. The maximum Gasteiger partial charge on any atom is 0.226 e. The minimum Gasteiger partial charge on any atom is -0.468 e. The molecular formula is C23H31N5O2. The van der Waals surface area contributed by atoms with E-state index in [0.717, 1.165) is 30.1 Å². The first-order chi connectivity index (χ1) is 14.6. The van der Waals surface area contributed by atoms with Crippen molar-refractivity contribution in [2.75, 3.05) is 26.7 Å². The summed E-state index contributed by atoms with van der Waals surface area (Å²) in [4.78, 5) is 11.3. The standard InChI is InChI=1S/C23H31N5O2/c1-5-28(6-2)20(21-8-7-13-29-21)15-26-23(24-4)25-14-19-16-30-22(27-19)18-11-9-17(3)10-12-18/h7-13,16,20H,5-6,14-15H2,1-4H3,(H2,24,25,26). The highest BCUT2D eigenvalue weighted by Crippen LogP contribution is 2.20. The molecule has 30 heavy (non-hydrogen) atoms. The monoisotopic (exact) mass is 409 g/mol. The number of furan rings is 1. The van der Waals surface area contributed by atoms with Crippen LogP contribution in [0.3, 0.4) is 0 Å². The van der Waals surface area contributed by atoms with Gasteiger partial charge in [0.15, 0.2) is 5.96 Å². The molecule has 7 nitrogen and oxygen atoms in total. The molecule has 3 rings (SSSR count). The normalized spacial score (nSPS) is 12.9. The Hall–Kier alpha value is -3.06. The summed E-state index contributed by atoms with van der Waals surface area (Å²) >= 11 is 0. The van der Waals surface area contributed by atoms with Gasteiger partial charge in [0.2, 0.25) is 5.89 Å². The number of guanidine groups is 1. The summed E-state index contributed by atoms with van der Waals surface area (Å²) in [6.07, 6.45) is 3.39. The molecule has 7 heteroatoms. The summed E-state index contributed by atoms with van der Waals surface area (Å²) in [5.41, 5.74) is 2.99. The summed E-state index contributed by atoms with van der Waals surface area (Å²) in [7, 11) is 1.76. The number of nitrogens with one attached hydrogen (secondary N) is 2. The number of hydrogen-bond donors (Lipinski definition) is 2. The lowest BCUT2D eigenvalue weighted by molar-refractivity contribution is 0.193. The van der Waals surface area contributed by atoms with E-state index < -0.39 is 0 Å². The van der Waals surface area contributed by atoms with Gasteiger partial charge in [0, 0.05) is 19.2 Å². The summed E-state index contributed by atoms with van der Waals surface area (Å²) in [6.45, 7) is 9.45. The zero-order chi connectivity index (χ0) is 21.3. The van der Waals surface area contributed by atoms with Crippen LogP contribution in [-0.2, 0) is 6.54 Å². The van der Waals surface area contributed by atoms with E-state index in [0.29, 0.717) is 24.9 Å². The third-order valence-electron chi connectivity index (χ3n) is 5.10. The first kappa shape index (κ1) is 21.6. The number of benzene rings is 1. The van der Waals surface area contributed by atoms with Crippen molar-refractivity contribution in [3.05, 3.63) is 65.9 Å². The molecule has 160 valence electrons. The van der Waals surface area contributed by atoms with Crippen LogP contribution in [0.25, 0.3) is 11.5 Å². The Morgan fingerprint density at radius 1 is 1.10 bits per heavy atom. The van der Waals surface area contributed by atoms with Crippen LogP contribution in [0.15, 0.2) is 62.8 Å². The topological polar surface area (TPSA) is 78.8 Å². The summed E-state index contributed by atoms with van der Waals surface area (Å²) in [5.74, 6) is 2.27. The Morgan fingerprint density at radius 3 is 2.50 bits per heavy atom. The van der Waals surface area contributed by atoms with Crippen LogP contribution < -0.4 is 10.6 Å². The van der Waals surface area contributed by atoms with Crippen molar-refractivity contribution in [3.8, 4) is 11.5 Å². The Bertz CT molecular complexity index is 911. The Kier molecular flexibility index (Phi) is 7.68. The van der Waals surface area contributed by atoms with Crippen LogP contribution >= 0.6 is 0 Å². The van der Waals surface area contributed by atoms with E-state index in [4.69, 9.17) is 8.83 Å². The van der Waals surface area contributed by atoms with Gasteiger partial charge in [-0.3, -0.25) is 9.89 Å². The molecule has 0 saturated carbocycles. The molecule has 0 aliphatic carbocycles. The largest absolute Gasteiger partial charge is 0.468 e. The van der Waals surface area contributed by atoms with Crippen LogP contribution in [0.2, 0.25) is 0 Å². The quantitative estimate of drug-likeness (QED) is 0.411. The third-order valence-corrected chi connectivity index (χ3v) is 5.10. The van der Waals surface area contributed by atoms with Crippen molar-refractivity contribution in [1.29, 1.82) is 0 Å². The molecule has 0 spiro atoms. The van der Waals surface area contributed by atoms with Gasteiger partial charge in [0.25, 0.3) is 0 Å². The zero-order valence-electron chi connectivity index (χ0n) is 18.2. The number of likely N-dealkylation sites (N-methyl/N-ethyl adjacent to an activating group) is 1. The van der Waals surface area contributed by atoms with Crippen molar-refractivity contribution < 1.29 is 8.83 Å². The fourth-order valence-corrected chi connectivity index (χ4v) is 3.36. The molecule has 1 atom stereocenters. The maximum absolute atomic E-state index is 5.66. The lowest BCUT2D eigenvalue weighted by Gasteiger charge is -2.28. The molecule has 1 unspecified atom stereocenters. The van der Waals surface area contributed by atoms with Gasteiger partial charge in [-0.15, -0.1) is 0 Å². The van der Waals surface area contributed by atoms with E-state index >= 15 is 0 Å². The molecule has 0 aliphatic heterocycles. The molecule has 0 saturated heterocycles. The van der Waals surface area contributed by atoms with E-state index in [1.165, 1.54) is 5.56 Å². The first-order valence-corrected chi connectivity index (χ1v) is 10.4. The molecule has 1 aromatic carbocycles. The fourth-order valence-electron chi connectivity index (χ4n) is 3.36. The second kappa shape index (κ2) is 10.6. The molecule has 0 bridgehead atoms. The summed E-state index contributed by atoms with van der Waals surface area (Å²) < 4.78 is 11.3. The number of oxazole rings is 1. The predicted octanol–water partition coefficient (Wildman–Crippen LogP) is 3.99. The number of nitrogens with zero attached hydrogens (tertiary/aromatic N) is 3. The lowest BCUT2D eigenvalue weighted by atomic mass is 10.1. The fraction of sp³-hybridized carbons (Fsp3) is 0.391. The van der Waals surface area contributed by atoms with E-state index in [2.05, 4.69) is 58.4 Å². The smallest absolute Gasteiger partial charge is 0.226 e. The van der Waals surface area contributed by atoms with Crippen molar-refractivity contribution in [2.45, 2.75) is 33.4 Å². The highest BCUT2D eigenvalue weighted by Gasteiger charge is 2.20. The summed E-state index contributed by atoms with van der Waals surface area (Å²) in [6, 6.07) is 12.2. The van der Waals surface area contributed by atoms with Crippen LogP contribution in [-0.4, -0.2) is 42.5 Å². The molecule has 0 amide bonds. The minimum absolute atomic E-state index is 0.133. The van der Waals surface area contributed by atoms with Crippen molar-refractivity contribution >= 4 is 5.96 Å². The third kappa shape index (κ3) is 5.51. The van der Waals surface area contributed by atoms with Crippen molar-refractivity contribution in [1.82, 2.24) is 20.5 Å². The van der Waals surface area contributed by atoms with E-state index in [-0.39, 0.29) is 6.04 Å². The Balaban J connectivity index is 1.57. The molecular weight excluding hydrogens is 378 g/mol. The molecule has 0 aliphatic rings. The first-order valence-electron chi connectivity index (χ1n) is 10.4. The van der Waals surface area contributed by atoms with Crippen LogP contribution in [0, 0.1) is 6.92 Å². The number of aliphatic imine (C=N–C) groups is 1. The number of hydrogen-bond acceptors (Lipinski definition) is 5. The number of aryl methyl sites for hydroxylation is 1. The molecule has 0 fully saturated rings.